The molecule has 0 aliphatic carbocycles. The summed E-state index contributed by atoms with van der Waals surface area (Å²) < 4.78 is 6.62. The topological polar surface area (TPSA) is 84.1 Å². The number of carboxylic acid groups (broad SMARTS) is 1. The molecule has 7 nitrogen and oxygen atoms in total. The second kappa shape index (κ2) is 5.49. The largest absolute Gasteiger partial charge is 0.478 e. The second-order valence-corrected chi connectivity index (χ2v) is 6.17. The minimum Gasteiger partial charge on any atom is -0.478 e. The Hall–Kier alpha value is -2.28. The highest BCUT2D eigenvalue weighted by Crippen LogP contribution is 2.25. The standard InChI is InChI=1S/C14H16ClN3O4/c1-14(2,3)22-13(21)17(4)11-6-8(15)5-10-9(12(19)20)7-16-18(10)11/h5-7H,1-4H3,(H,19,20). The number of fused-ring (bicyclic) bond motifs is 1. The predicted molar refractivity (Wildman–Crippen MR) is 81.8 cm³/mol. The molecule has 1 N–H and O–H groups in total. The fraction of sp³-hybridized carbons (Fsp3) is 0.357. The van der Waals surface area contributed by atoms with Crippen LogP contribution in [0.3, 0.4) is 0 Å². The Labute approximate surface area is 132 Å². The third-order valence-corrected chi connectivity index (χ3v) is 3.02. The zero-order valence-electron chi connectivity index (χ0n) is 12.6. The lowest BCUT2D eigenvalue weighted by atomic mass is 10.2. The highest BCUT2D eigenvalue weighted by atomic mass is 35.5. The molecule has 0 bridgehead atoms. The first-order chi connectivity index (χ1) is 10.1. The highest BCUT2D eigenvalue weighted by Gasteiger charge is 2.24. The Bertz CT molecular complexity index is 748. The first-order valence-corrected chi connectivity index (χ1v) is 6.85. The Morgan fingerprint density at radius 2 is 2.00 bits per heavy atom. The van der Waals surface area contributed by atoms with Gasteiger partial charge in [0.1, 0.15) is 17.0 Å². The molecular weight excluding hydrogens is 310 g/mol. The van der Waals surface area contributed by atoms with Crippen molar-refractivity contribution < 1.29 is 19.4 Å². The number of pyridine rings is 1. The minimum atomic E-state index is -1.12. The van der Waals surface area contributed by atoms with Gasteiger partial charge in [-0.15, -0.1) is 0 Å². The summed E-state index contributed by atoms with van der Waals surface area (Å²) in [5.41, 5.74) is -0.355. The molecule has 8 heteroatoms. The van der Waals surface area contributed by atoms with Gasteiger partial charge in [0.15, 0.2) is 0 Å². The molecule has 2 heterocycles. The van der Waals surface area contributed by atoms with E-state index in [0.29, 0.717) is 16.4 Å². The first kappa shape index (κ1) is 16.1. The number of anilines is 1. The van der Waals surface area contributed by atoms with Crippen molar-refractivity contribution in [2.24, 2.45) is 0 Å². The van der Waals surface area contributed by atoms with Gasteiger partial charge in [0.2, 0.25) is 0 Å². The number of halogens is 1. The summed E-state index contributed by atoms with van der Waals surface area (Å²) in [7, 11) is 1.50. The van der Waals surface area contributed by atoms with E-state index in [1.165, 1.54) is 34.8 Å². The van der Waals surface area contributed by atoms with Crippen LogP contribution < -0.4 is 4.90 Å². The predicted octanol–water partition coefficient (Wildman–Crippen LogP) is 3.06. The molecule has 0 aliphatic heterocycles. The fourth-order valence-electron chi connectivity index (χ4n) is 1.86. The molecule has 2 aromatic rings. The van der Waals surface area contributed by atoms with Crippen LogP contribution in [0.1, 0.15) is 31.1 Å². The van der Waals surface area contributed by atoms with Crippen molar-refractivity contribution in [1.82, 2.24) is 9.61 Å². The van der Waals surface area contributed by atoms with Crippen LogP contribution in [0.4, 0.5) is 10.6 Å². The lowest BCUT2D eigenvalue weighted by molar-refractivity contribution is 0.0587. The fourth-order valence-corrected chi connectivity index (χ4v) is 2.06. The van der Waals surface area contributed by atoms with Gasteiger partial charge in [0.05, 0.1) is 11.7 Å². The van der Waals surface area contributed by atoms with Crippen LogP contribution in [-0.4, -0.2) is 39.4 Å². The van der Waals surface area contributed by atoms with Gasteiger partial charge in [-0.1, -0.05) is 11.6 Å². The SMILES string of the molecule is CN(C(=O)OC(C)(C)C)c1cc(Cl)cc2c(C(=O)O)cnn12. The average Bonchev–Trinajstić information content (AvgIpc) is 2.78. The number of amides is 1. The number of hydrogen-bond donors (Lipinski definition) is 1. The van der Waals surface area contributed by atoms with Crippen LogP contribution in [0.2, 0.25) is 5.02 Å². The maximum Gasteiger partial charge on any atom is 0.415 e. The Balaban J connectivity index is 2.51. The molecule has 0 fully saturated rings. The van der Waals surface area contributed by atoms with E-state index >= 15 is 0 Å². The summed E-state index contributed by atoms with van der Waals surface area (Å²) in [5.74, 6) is -0.813. The van der Waals surface area contributed by atoms with Crippen LogP contribution in [0, 0.1) is 0 Å². The van der Waals surface area contributed by atoms with E-state index in [4.69, 9.17) is 21.4 Å². The zero-order valence-corrected chi connectivity index (χ0v) is 13.4. The number of ether oxygens (including phenoxy) is 1. The molecule has 0 aliphatic rings. The minimum absolute atomic E-state index is 0.00124. The number of carbonyl (C=O) groups is 2. The van der Waals surface area contributed by atoms with Crippen LogP contribution >= 0.6 is 11.6 Å². The zero-order chi connectivity index (χ0) is 16.7. The van der Waals surface area contributed by atoms with Crippen molar-refractivity contribution in [3.8, 4) is 0 Å². The molecule has 0 unspecified atom stereocenters. The molecule has 0 saturated heterocycles. The maximum atomic E-state index is 12.2. The average molecular weight is 326 g/mol. The van der Waals surface area contributed by atoms with Gasteiger partial charge in [-0.3, -0.25) is 4.90 Å². The number of hydrogen-bond acceptors (Lipinski definition) is 4. The van der Waals surface area contributed by atoms with E-state index in [0.717, 1.165) is 0 Å². The van der Waals surface area contributed by atoms with E-state index in [-0.39, 0.29) is 5.56 Å². The molecule has 22 heavy (non-hydrogen) atoms. The molecule has 0 aromatic carbocycles. The number of carboxylic acids is 1. The molecule has 0 atom stereocenters. The number of rotatable bonds is 2. The third-order valence-electron chi connectivity index (χ3n) is 2.81. The normalized spacial score (nSPS) is 11.5. The van der Waals surface area contributed by atoms with E-state index < -0.39 is 17.7 Å². The lowest BCUT2D eigenvalue weighted by Crippen LogP contribution is -2.35. The summed E-state index contributed by atoms with van der Waals surface area (Å²) in [5, 5.41) is 13.5. The van der Waals surface area contributed by atoms with Crippen LogP contribution in [0.25, 0.3) is 5.52 Å². The van der Waals surface area contributed by atoms with Crippen molar-refractivity contribution in [2.45, 2.75) is 26.4 Å². The summed E-state index contributed by atoms with van der Waals surface area (Å²) in [4.78, 5) is 24.6. The number of carbonyl (C=O) groups excluding carboxylic acids is 1. The lowest BCUT2D eigenvalue weighted by Gasteiger charge is -2.25. The van der Waals surface area contributed by atoms with Gasteiger partial charge in [-0.05, 0) is 32.9 Å². The van der Waals surface area contributed by atoms with Crippen molar-refractivity contribution in [3.63, 3.8) is 0 Å². The van der Waals surface area contributed by atoms with Gasteiger partial charge >= 0.3 is 12.1 Å². The molecular formula is C14H16ClN3O4. The summed E-state index contributed by atoms with van der Waals surface area (Å²) in [6.45, 7) is 5.26. The first-order valence-electron chi connectivity index (χ1n) is 6.47. The summed E-state index contributed by atoms with van der Waals surface area (Å²) in [6, 6.07) is 2.99. The van der Waals surface area contributed by atoms with Crippen molar-refractivity contribution in [1.29, 1.82) is 0 Å². The second-order valence-electron chi connectivity index (χ2n) is 5.73. The summed E-state index contributed by atoms with van der Waals surface area (Å²) >= 11 is 6.03. The summed E-state index contributed by atoms with van der Waals surface area (Å²) in [6.07, 6.45) is 0.615. The Morgan fingerprint density at radius 3 is 2.55 bits per heavy atom. The van der Waals surface area contributed by atoms with Gasteiger partial charge in [-0.2, -0.15) is 5.10 Å². The van der Waals surface area contributed by atoms with Gasteiger partial charge in [0, 0.05) is 12.1 Å². The van der Waals surface area contributed by atoms with Crippen molar-refractivity contribution in [3.05, 3.63) is 28.9 Å². The molecule has 2 rings (SSSR count). The number of aromatic carboxylic acids is 1. The van der Waals surface area contributed by atoms with Gasteiger partial charge < -0.3 is 9.84 Å². The monoisotopic (exact) mass is 325 g/mol. The maximum absolute atomic E-state index is 12.2. The van der Waals surface area contributed by atoms with Crippen molar-refractivity contribution >= 4 is 35.0 Å². The van der Waals surface area contributed by atoms with E-state index in [2.05, 4.69) is 5.10 Å². The molecule has 2 aromatic heterocycles. The van der Waals surface area contributed by atoms with Gasteiger partial charge in [-0.25, -0.2) is 14.1 Å². The number of nitrogens with zero attached hydrogens (tertiary/aromatic N) is 3. The molecule has 1 amide bonds. The van der Waals surface area contributed by atoms with Crippen LogP contribution in [0.15, 0.2) is 18.3 Å². The smallest absolute Gasteiger partial charge is 0.415 e. The third kappa shape index (κ3) is 3.14. The van der Waals surface area contributed by atoms with Crippen LogP contribution in [-0.2, 0) is 4.74 Å². The van der Waals surface area contributed by atoms with Crippen molar-refractivity contribution in [2.75, 3.05) is 11.9 Å². The van der Waals surface area contributed by atoms with E-state index in [1.54, 1.807) is 20.8 Å². The molecule has 0 radical (unpaired) electrons. The van der Waals surface area contributed by atoms with Gasteiger partial charge in [0.25, 0.3) is 0 Å². The molecule has 0 saturated carbocycles. The van der Waals surface area contributed by atoms with Crippen LogP contribution in [0.5, 0.6) is 0 Å². The quantitative estimate of drug-likeness (QED) is 0.917. The molecule has 0 spiro atoms. The van der Waals surface area contributed by atoms with E-state index in [1.807, 2.05) is 0 Å². The molecule has 118 valence electrons. The Morgan fingerprint density at radius 1 is 1.36 bits per heavy atom. The highest BCUT2D eigenvalue weighted by molar-refractivity contribution is 6.31. The Kier molecular flexibility index (Phi) is 4.02. The number of aromatic nitrogens is 2. The van der Waals surface area contributed by atoms with E-state index in [9.17, 15) is 9.59 Å².